The maximum absolute atomic E-state index is 14.3. The van der Waals surface area contributed by atoms with Gasteiger partial charge >= 0.3 is 5.97 Å². The van der Waals surface area contributed by atoms with Gasteiger partial charge < -0.3 is 24.4 Å². The van der Waals surface area contributed by atoms with Gasteiger partial charge in [-0.2, -0.15) is 0 Å². The van der Waals surface area contributed by atoms with E-state index >= 15 is 0 Å². The van der Waals surface area contributed by atoms with Crippen LogP contribution in [0.4, 0.5) is 15.8 Å². The van der Waals surface area contributed by atoms with Gasteiger partial charge in [-0.1, -0.05) is 12.1 Å². The van der Waals surface area contributed by atoms with E-state index in [0.29, 0.717) is 30.0 Å². The number of aliphatic hydroxyl groups excluding tert-OH is 1. The van der Waals surface area contributed by atoms with Gasteiger partial charge in [0.25, 0.3) is 0 Å². The largest absolute Gasteiger partial charge is 0.464 e. The first-order valence-corrected chi connectivity index (χ1v) is 10.2. The zero-order chi connectivity index (χ0) is 21.1. The van der Waals surface area contributed by atoms with Gasteiger partial charge in [0.2, 0.25) is 0 Å². The molecular weight excluding hydrogens is 389 g/mol. The number of hydrogen-bond donors (Lipinski definition) is 1. The molecule has 0 atom stereocenters. The van der Waals surface area contributed by atoms with Crippen LogP contribution in [0.1, 0.15) is 28.9 Å². The smallest absolute Gasteiger partial charge is 0.356 e. The van der Waals surface area contributed by atoms with Crippen LogP contribution in [0, 0.1) is 5.82 Å². The number of halogens is 1. The predicted molar refractivity (Wildman–Crippen MR) is 110 cm³/mol. The maximum atomic E-state index is 14.3. The maximum Gasteiger partial charge on any atom is 0.356 e. The Kier molecular flexibility index (Phi) is 6.15. The van der Waals surface area contributed by atoms with Crippen molar-refractivity contribution in [2.75, 3.05) is 43.1 Å². The van der Waals surface area contributed by atoms with E-state index in [4.69, 9.17) is 4.74 Å². The van der Waals surface area contributed by atoms with Crippen LogP contribution in [-0.4, -0.2) is 61.6 Å². The summed E-state index contributed by atoms with van der Waals surface area (Å²) >= 11 is 0. The molecular formula is C22H26FN3O4. The average molecular weight is 415 g/mol. The normalized spacial score (nSPS) is 17.7. The predicted octanol–water partition coefficient (Wildman–Crippen LogP) is 2.37. The summed E-state index contributed by atoms with van der Waals surface area (Å²) in [5.74, 6) is -0.787. The van der Waals surface area contributed by atoms with E-state index in [1.807, 2.05) is 11.0 Å². The standard InChI is InChI=1S/C22H26FN3O4/c1-29-22(28)19-6-5-16(11-24-19)25-9-7-17(8-10-25)30-18-12-26(13-18)20-4-2-3-15(14-27)21(20)23/h2-6,11,17-18,27H,7-10,12-14H2,1H3. The minimum atomic E-state index is -0.439. The molecule has 4 rings (SSSR count). The van der Waals surface area contributed by atoms with Gasteiger partial charge in [0.05, 0.1) is 43.5 Å². The highest BCUT2D eigenvalue weighted by molar-refractivity contribution is 5.87. The van der Waals surface area contributed by atoms with Gasteiger partial charge in [-0.05, 0) is 31.0 Å². The van der Waals surface area contributed by atoms with E-state index in [2.05, 4.69) is 14.6 Å². The Bertz CT molecular complexity index is 878. The summed E-state index contributed by atoms with van der Waals surface area (Å²) in [5.41, 5.74) is 2.13. The highest BCUT2D eigenvalue weighted by Gasteiger charge is 2.33. The lowest BCUT2D eigenvalue weighted by atomic mass is 10.0. The molecule has 30 heavy (non-hydrogen) atoms. The number of ether oxygens (including phenoxy) is 2. The third-order valence-corrected chi connectivity index (χ3v) is 5.75. The van der Waals surface area contributed by atoms with Crippen LogP contribution >= 0.6 is 0 Å². The molecule has 3 heterocycles. The highest BCUT2D eigenvalue weighted by atomic mass is 19.1. The molecule has 0 unspecified atom stereocenters. The second-order valence-corrected chi connectivity index (χ2v) is 7.65. The van der Waals surface area contributed by atoms with Gasteiger partial charge in [0.1, 0.15) is 5.69 Å². The van der Waals surface area contributed by atoms with Crippen molar-refractivity contribution in [2.45, 2.75) is 31.7 Å². The number of esters is 1. The summed E-state index contributed by atoms with van der Waals surface area (Å²) in [6.07, 6.45) is 3.79. The van der Waals surface area contributed by atoms with E-state index in [1.165, 1.54) is 7.11 Å². The van der Waals surface area contributed by atoms with Crippen LogP contribution in [0.15, 0.2) is 36.5 Å². The molecule has 2 aliphatic rings. The van der Waals surface area contributed by atoms with E-state index in [9.17, 15) is 14.3 Å². The molecule has 1 aromatic carbocycles. The van der Waals surface area contributed by atoms with Crippen molar-refractivity contribution < 1.29 is 23.8 Å². The van der Waals surface area contributed by atoms with Crippen molar-refractivity contribution in [3.63, 3.8) is 0 Å². The zero-order valence-electron chi connectivity index (χ0n) is 17.0. The molecule has 2 fully saturated rings. The Morgan fingerprint density at radius 1 is 1.17 bits per heavy atom. The Morgan fingerprint density at radius 3 is 2.57 bits per heavy atom. The summed E-state index contributed by atoms with van der Waals surface area (Å²) in [7, 11) is 1.34. The zero-order valence-corrected chi connectivity index (χ0v) is 17.0. The average Bonchev–Trinajstić information content (AvgIpc) is 2.76. The fourth-order valence-corrected chi connectivity index (χ4v) is 3.97. The minimum Gasteiger partial charge on any atom is -0.464 e. The summed E-state index contributed by atoms with van der Waals surface area (Å²) in [6.45, 7) is 2.73. The lowest BCUT2D eigenvalue weighted by molar-refractivity contribution is -0.0360. The number of aromatic nitrogens is 1. The van der Waals surface area contributed by atoms with Crippen LogP contribution in [0.5, 0.6) is 0 Å². The fraction of sp³-hybridized carbons (Fsp3) is 0.455. The Balaban J connectivity index is 1.24. The van der Waals surface area contributed by atoms with Crippen molar-refractivity contribution in [1.82, 2.24) is 4.98 Å². The Labute approximate surface area is 175 Å². The van der Waals surface area contributed by atoms with Crippen LogP contribution in [0.2, 0.25) is 0 Å². The number of benzene rings is 1. The number of methoxy groups -OCH3 is 1. The molecule has 1 N–H and O–H groups in total. The van der Waals surface area contributed by atoms with Crippen molar-refractivity contribution in [1.29, 1.82) is 0 Å². The number of piperidine rings is 1. The minimum absolute atomic E-state index is 0.0970. The van der Waals surface area contributed by atoms with Gasteiger partial charge in [-0.15, -0.1) is 0 Å². The van der Waals surface area contributed by atoms with Crippen LogP contribution in [-0.2, 0) is 16.1 Å². The molecule has 0 spiro atoms. The molecule has 8 heteroatoms. The van der Waals surface area contributed by atoms with Crippen molar-refractivity contribution in [2.24, 2.45) is 0 Å². The highest BCUT2D eigenvalue weighted by Crippen LogP contribution is 2.29. The first-order valence-electron chi connectivity index (χ1n) is 10.2. The Hall–Kier alpha value is -2.71. The van der Waals surface area contributed by atoms with E-state index in [0.717, 1.165) is 31.6 Å². The van der Waals surface area contributed by atoms with Crippen LogP contribution < -0.4 is 9.80 Å². The topological polar surface area (TPSA) is 75.1 Å². The van der Waals surface area contributed by atoms with Crippen molar-refractivity contribution >= 4 is 17.3 Å². The van der Waals surface area contributed by atoms with E-state index in [-0.39, 0.29) is 24.6 Å². The monoisotopic (exact) mass is 415 g/mol. The third kappa shape index (κ3) is 4.24. The molecule has 7 nitrogen and oxygen atoms in total. The van der Waals surface area contributed by atoms with Crippen LogP contribution in [0.3, 0.4) is 0 Å². The van der Waals surface area contributed by atoms with E-state index in [1.54, 1.807) is 30.5 Å². The molecule has 2 saturated heterocycles. The number of rotatable bonds is 6. The summed E-state index contributed by atoms with van der Waals surface area (Å²) in [5, 5.41) is 9.23. The molecule has 0 bridgehead atoms. The van der Waals surface area contributed by atoms with Crippen LogP contribution in [0.25, 0.3) is 0 Å². The Morgan fingerprint density at radius 2 is 1.93 bits per heavy atom. The first-order chi connectivity index (χ1) is 14.6. The van der Waals surface area contributed by atoms with Crippen molar-refractivity contribution in [3.8, 4) is 0 Å². The summed E-state index contributed by atoms with van der Waals surface area (Å²) < 4.78 is 25.2. The number of hydrogen-bond acceptors (Lipinski definition) is 7. The lowest BCUT2D eigenvalue weighted by Gasteiger charge is -2.44. The number of nitrogens with zero attached hydrogens (tertiary/aromatic N) is 3. The molecule has 0 saturated carbocycles. The second-order valence-electron chi connectivity index (χ2n) is 7.65. The number of pyridine rings is 1. The second kappa shape index (κ2) is 8.97. The number of carbonyl (C=O) groups is 1. The van der Waals surface area contributed by atoms with Gasteiger partial charge in [-0.3, -0.25) is 0 Å². The van der Waals surface area contributed by atoms with Gasteiger partial charge in [0.15, 0.2) is 5.82 Å². The van der Waals surface area contributed by atoms with E-state index < -0.39 is 5.97 Å². The van der Waals surface area contributed by atoms with Gasteiger partial charge in [0, 0.05) is 31.7 Å². The van der Waals surface area contributed by atoms with Crippen molar-refractivity contribution in [3.05, 3.63) is 53.6 Å². The third-order valence-electron chi connectivity index (χ3n) is 5.75. The number of carbonyl (C=O) groups excluding carboxylic acids is 1. The molecule has 0 aliphatic carbocycles. The molecule has 2 aromatic rings. The molecule has 1 aromatic heterocycles. The quantitative estimate of drug-likeness (QED) is 0.726. The molecule has 160 valence electrons. The molecule has 0 radical (unpaired) electrons. The first kappa shape index (κ1) is 20.6. The number of anilines is 2. The SMILES string of the molecule is COC(=O)c1ccc(N2CCC(OC3CN(c4cccc(CO)c4F)C3)CC2)cn1. The molecule has 2 aliphatic heterocycles. The lowest BCUT2D eigenvalue weighted by Crippen LogP contribution is -2.54. The summed E-state index contributed by atoms with van der Waals surface area (Å²) in [4.78, 5) is 19.8. The van der Waals surface area contributed by atoms with Gasteiger partial charge in [-0.25, -0.2) is 14.2 Å². The number of aliphatic hydroxyl groups is 1. The fourth-order valence-electron chi connectivity index (χ4n) is 3.97. The molecule has 0 amide bonds. The summed E-state index contributed by atoms with van der Waals surface area (Å²) in [6, 6.07) is 8.67.